The molecule has 3 rings (SSSR count). The minimum absolute atomic E-state index is 0.00736. The summed E-state index contributed by atoms with van der Waals surface area (Å²) in [6.45, 7) is 3.56. The van der Waals surface area contributed by atoms with Gasteiger partial charge in [0, 0.05) is 16.8 Å². The Morgan fingerprint density at radius 1 is 1.34 bits per heavy atom. The third kappa shape index (κ3) is 4.04. The van der Waals surface area contributed by atoms with Crippen LogP contribution in [0.25, 0.3) is 16.5 Å². The average molecular weight is 413 g/mol. The van der Waals surface area contributed by atoms with E-state index in [9.17, 15) is 14.4 Å². The van der Waals surface area contributed by atoms with E-state index >= 15 is 0 Å². The van der Waals surface area contributed by atoms with Crippen LogP contribution in [0, 0.1) is 0 Å². The summed E-state index contributed by atoms with van der Waals surface area (Å²) in [4.78, 5) is 37.7. The third-order valence-electron chi connectivity index (χ3n) is 3.97. The molecule has 0 spiro atoms. The number of allylic oxidation sites excluding steroid dienone is 1. The Labute approximate surface area is 170 Å². The van der Waals surface area contributed by atoms with Crippen molar-refractivity contribution in [3.8, 4) is 11.4 Å². The van der Waals surface area contributed by atoms with E-state index in [2.05, 4.69) is 10.4 Å². The summed E-state index contributed by atoms with van der Waals surface area (Å²) in [6.07, 6.45) is 2.94. The van der Waals surface area contributed by atoms with E-state index < -0.39 is 11.5 Å². The van der Waals surface area contributed by atoms with Crippen LogP contribution in [-0.2, 0) is 9.53 Å². The molecular weight excluding hydrogens is 394 g/mol. The van der Waals surface area contributed by atoms with Gasteiger partial charge >= 0.3 is 5.97 Å². The van der Waals surface area contributed by atoms with Crippen molar-refractivity contribution < 1.29 is 19.1 Å². The van der Waals surface area contributed by atoms with Crippen LogP contribution in [0.1, 0.15) is 24.3 Å². The summed E-state index contributed by atoms with van der Waals surface area (Å²) in [6, 6.07) is 6.73. The minimum Gasteiger partial charge on any atom is -0.497 e. The fourth-order valence-corrected chi connectivity index (χ4v) is 3.65. The van der Waals surface area contributed by atoms with E-state index in [-0.39, 0.29) is 23.6 Å². The normalized spacial score (nSPS) is 11.0. The Kier molecular flexibility index (Phi) is 6.08. The minimum atomic E-state index is -0.654. The summed E-state index contributed by atoms with van der Waals surface area (Å²) in [5, 5.41) is 9.38. The van der Waals surface area contributed by atoms with Gasteiger partial charge in [-0.25, -0.2) is 4.79 Å². The van der Waals surface area contributed by atoms with Gasteiger partial charge in [0.25, 0.3) is 5.56 Å². The lowest BCUT2D eigenvalue weighted by atomic mass is 10.2. The van der Waals surface area contributed by atoms with E-state index in [4.69, 9.17) is 9.47 Å². The van der Waals surface area contributed by atoms with Crippen LogP contribution in [0.5, 0.6) is 5.75 Å². The predicted molar refractivity (Wildman–Crippen MR) is 111 cm³/mol. The number of nitrogens with one attached hydrogen (secondary N) is 1. The fourth-order valence-electron chi connectivity index (χ4n) is 2.71. The molecule has 29 heavy (non-hydrogen) atoms. The van der Waals surface area contributed by atoms with E-state index in [1.54, 1.807) is 49.6 Å². The molecule has 1 amide bonds. The first-order valence-corrected chi connectivity index (χ1v) is 9.67. The third-order valence-corrected chi connectivity index (χ3v) is 4.87. The van der Waals surface area contributed by atoms with Crippen molar-refractivity contribution in [1.82, 2.24) is 9.78 Å². The van der Waals surface area contributed by atoms with Gasteiger partial charge in [-0.2, -0.15) is 9.78 Å². The molecule has 3 aromatic rings. The second-order valence-corrected chi connectivity index (χ2v) is 6.71. The maximum Gasteiger partial charge on any atom is 0.359 e. The summed E-state index contributed by atoms with van der Waals surface area (Å²) in [7, 11) is 1.51. The Bertz CT molecular complexity index is 1160. The molecule has 0 radical (unpaired) electrons. The van der Waals surface area contributed by atoms with E-state index in [0.29, 0.717) is 21.8 Å². The monoisotopic (exact) mass is 413 g/mol. The molecule has 150 valence electrons. The van der Waals surface area contributed by atoms with Crippen molar-refractivity contribution >= 4 is 39.0 Å². The molecule has 0 unspecified atom stereocenters. The molecular formula is C20H19N3O5S. The van der Waals surface area contributed by atoms with Crippen LogP contribution >= 0.6 is 11.3 Å². The first-order chi connectivity index (χ1) is 14.0. The van der Waals surface area contributed by atoms with Crippen LogP contribution in [0.3, 0.4) is 0 Å². The molecule has 1 aromatic carbocycles. The predicted octanol–water partition coefficient (Wildman–Crippen LogP) is 3.15. The maximum absolute atomic E-state index is 13.2. The zero-order valence-electron chi connectivity index (χ0n) is 16.1. The number of hydrogen-bond donors (Lipinski definition) is 1. The maximum atomic E-state index is 13.2. The van der Waals surface area contributed by atoms with Crippen LogP contribution in [0.2, 0.25) is 0 Å². The van der Waals surface area contributed by atoms with Crippen molar-refractivity contribution in [3.63, 3.8) is 0 Å². The molecule has 9 heteroatoms. The lowest BCUT2D eigenvalue weighted by Crippen LogP contribution is -2.25. The van der Waals surface area contributed by atoms with Crippen LogP contribution < -0.4 is 15.6 Å². The Morgan fingerprint density at radius 3 is 2.83 bits per heavy atom. The number of methoxy groups -OCH3 is 1. The first kappa shape index (κ1) is 20.3. The fraction of sp³-hybridized carbons (Fsp3) is 0.200. The number of ether oxygens (including phenoxy) is 2. The van der Waals surface area contributed by atoms with Crippen molar-refractivity contribution in [2.75, 3.05) is 19.0 Å². The number of amides is 1. The summed E-state index contributed by atoms with van der Waals surface area (Å²) in [5.41, 5.74) is -0.0656. The van der Waals surface area contributed by atoms with Gasteiger partial charge in [-0.3, -0.25) is 9.59 Å². The van der Waals surface area contributed by atoms with Crippen LogP contribution in [-0.4, -0.2) is 35.4 Å². The number of rotatable bonds is 6. The highest BCUT2D eigenvalue weighted by Crippen LogP contribution is 2.30. The Balaban J connectivity index is 2.28. The van der Waals surface area contributed by atoms with Gasteiger partial charge in [-0.15, -0.1) is 11.3 Å². The number of anilines is 1. The van der Waals surface area contributed by atoms with Crippen LogP contribution in [0.4, 0.5) is 5.00 Å². The number of fused-ring (bicyclic) bond motifs is 1. The topological polar surface area (TPSA) is 99.5 Å². The molecule has 0 atom stereocenters. The van der Waals surface area contributed by atoms with Gasteiger partial charge in [0.1, 0.15) is 10.8 Å². The molecule has 0 aliphatic rings. The highest BCUT2D eigenvalue weighted by Gasteiger charge is 2.23. The average Bonchev–Trinajstić information content (AvgIpc) is 3.12. The smallest absolute Gasteiger partial charge is 0.359 e. The number of benzene rings is 1. The number of esters is 1. The molecule has 1 N–H and O–H groups in total. The first-order valence-electron chi connectivity index (χ1n) is 8.79. The number of carbonyl (C=O) groups excluding carboxylic acids is 2. The van der Waals surface area contributed by atoms with Crippen molar-refractivity contribution in [1.29, 1.82) is 0 Å². The van der Waals surface area contributed by atoms with Crippen LogP contribution in [0.15, 0.2) is 46.6 Å². The molecule has 0 bridgehead atoms. The highest BCUT2D eigenvalue weighted by molar-refractivity contribution is 7.16. The molecule has 0 fully saturated rings. The zero-order chi connectivity index (χ0) is 21.0. The lowest BCUT2D eigenvalue weighted by molar-refractivity contribution is -0.111. The Hall–Kier alpha value is -3.46. The second kappa shape index (κ2) is 8.70. The molecule has 2 heterocycles. The van der Waals surface area contributed by atoms with Crippen molar-refractivity contribution in [2.45, 2.75) is 13.8 Å². The van der Waals surface area contributed by atoms with Crippen molar-refractivity contribution in [2.24, 2.45) is 0 Å². The van der Waals surface area contributed by atoms with Gasteiger partial charge in [0.05, 0.1) is 24.8 Å². The lowest BCUT2D eigenvalue weighted by Gasteiger charge is -2.10. The van der Waals surface area contributed by atoms with Gasteiger partial charge in [0.2, 0.25) is 5.91 Å². The van der Waals surface area contributed by atoms with Crippen molar-refractivity contribution in [3.05, 3.63) is 57.8 Å². The van der Waals surface area contributed by atoms with Gasteiger partial charge in [-0.05, 0) is 32.1 Å². The number of hydrogen-bond acceptors (Lipinski definition) is 7. The van der Waals surface area contributed by atoms with Gasteiger partial charge in [0.15, 0.2) is 5.69 Å². The summed E-state index contributed by atoms with van der Waals surface area (Å²) < 4.78 is 11.4. The number of carbonyl (C=O) groups is 2. The zero-order valence-corrected chi connectivity index (χ0v) is 16.9. The molecule has 0 aliphatic carbocycles. The molecule has 2 aromatic heterocycles. The van der Waals surface area contributed by atoms with E-state index in [1.807, 2.05) is 0 Å². The Morgan fingerprint density at radius 2 is 2.14 bits per heavy atom. The molecule has 8 nitrogen and oxygen atoms in total. The molecule has 0 aliphatic heterocycles. The summed E-state index contributed by atoms with van der Waals surface area (Å²) >= 11 is 1.14. The molecule has 0 saturated heterocycles. The van der Waals surface area contributed by atoms with Gasteiger partial charge in [-0.1, -0.05) is 12.1 Å². The summed E-state index contributed by atoms with van der Waals surface area (Å²) in [5.74, 6) is -0.503. The highest BCUT2D eigenvalue weighted by atomic mass is 32.1. The number of thiophene rings is 1. The molecule has 0 saturated carbocycles. The largest absolute Gasteiger partial charge is 0.497 e. The SMILES string of the molecule is C/C=C/C(=O)Nc1scc2c(C(=O)OCC)nn(-c3cccc(OC)c3)c(=O)c12. The number of nitrogens with zero attached hydrogens (tertiary/aromatic N) is 2. The van der Waals surface area contributed by atoms with E-state index in [1.165, 1.54) is 13.2 Å². The van der Waals surface area contributed by atoms with E-state index in [0.717, 1.165) is 16.0 Å². The second-order valence-electron chi connectivity index (χ2n) is 5.83. The standard InChI is InChI=1S/C20H19N3O5S/c1-4-7-15(24)21-18-16-14(11-29-18)17(20(26)28-5-2)22-23(19(16)25)12-8-6-9-13(10-12)27-3/h4,6-11H,5H2,1-3H3,(H,21,24)/b7-4+. The quantitative estimate of drug-likeness (QED) is 0.492. The number of aromatic nitrogens is 2. The van der Waals surface area contributed by atoms with Gasteiger partial charge < -0.3 is 14.8 Å².